The highest BCUT2D eigenvalue weighted by Crippen LogP contribution is 2.41. The highest BCUT2D eigenvalue weighted by molar-refractivity contribution is 6.46. The largest absolute Gasteiger partial charge is 0.507 e. The number of benzene rings is 3. The number of fused-ring (bicyclic) bond motifs is 1. The normalized spacial score (nSPS) is 19.5. The molecule has 0 spiro atoms. The Balaban J connectivity index is 1.38. The molecule has 2 unspecified atom stereocenters. The summed E-state index contributed by atoms with van der Waals surface area (Å²) in [7, 11) is 0. The Morgan fingerprint density at radius 2 is 1.85 bits per heavy atom. The summed E-state index contributed by atoms with van der Waals surface area (Å²) in [6.07, 6.45) is 6.63. The average Bonchev–Trinajstić information content (AvgIpc) is 3.67. The molecule has 2 aliphatic heterocycles. The lowest BCUT2D eigenvalue weighted by atomic mass is 9.94. The van der Waals surface area contributed by atoms with Crippen LogP contribution in [0.15, 0.2) is 97.1 Å². The average molecular weight is 536 g/mol. The zero-order valence-corrected chi connectivity index (χ0v) is 22.1. The number of Topliss-reactive ketones (excluding diaryl/α,β-unsaturated/α-hetero) is 1. The highest BCUT2D eigenvalue weighted by atomic mass is 16.5. The van der Waals surface area contributed by atoms with E-state index in [9.17, 15) is 14.7 Å². The van der Waals surface area contributed by atoms with Gasteiger partial charge in [0.2, 0.25) is 0 Å². The van der Waals surface area contributed by atoms with Crippen LogP contribution < -0.4 is 9.47 Å². The molecule has 1 aromatic heterocycles. The molecular formula is C32H29N3O5. The Bertz CT molecular complexity index is 1580. The number of hydrogen-bond acceptors (Lipinski definition) is 6. The van der Waals surface area contributed by atoms with E-state index in [1.54, 1.807) is 29.6 Å². The molecule has 1 amide bonds. The van der Waals surface area contributed by atoms with Crippen LogP contribution >= 0.6 is 0 Å². The number of carbonyl (C=O) groups is 2. The monoisotopic (exact) mass is 535 g/mol. The molecule has 2 atom stereocenters. The second kappa shape index (κ2) is 10.7. The van der Waals surface area contributed by atoms with Gasteiger partial charge in [-0.25, -0.2) is 4.98 Å². The molecule has 0 saturated carbocycles. The van der Waals surface area contributed by atoms with Gasteiger partial charge in [-0.15, -0.1) is 0 Å². The smallest absolute Gasteiger partial charge is 0.295 e. The van der Waals surface area contributed by atoms with Crippen LogP contribution in [0.25, 0.3) is 5.76 Å². The standard InChI is InChI=1S/C32H29N3O5/c1-21-17-24-18-23(11-12-27(24)39-21)30(36)28-29(22-7-5-10-26(19-22)40-25-8-3-2-4-9-25)35(32(38)31(28)37)15-6-14-34-16-13-33-20-34/h2-5,7-13,16,18-21,29,36H,6,14-15,17H2,1H3/b30-28+. The number of imidazole rings is 1. The fraction of sp³-hybridized carbons (Fsp3) is 0.219. The first-order valence-electron chi connectivity index (χ1n) is 13.3. The maximum atomic E-state index is 13.5. The number of aliphatic hydroxyl groups is 1. The van der Waals surface area contributed by atoms with Crippen molar-refractivity contribution in [3.05, 3.63) is 114 Å². The Hall–Kier alpha value is -4.85. The molecule has 8 heteroatoms. The SMILES string of the molecule is CC1Cc2cc(/C(O)=C3\C(=O)C(=O)N(CCCn4ccnc4)C3c3cccc(Oc4ccccc4)c3)ccc2O1. The molecule has 3 aromatic carbocycles. The van der Waals surface area contributed by atoms with Gasteiger partial charge in [-0.05, 0) is 66.9 Å². The van der Waals surface area contributed by atoms with Crippen LogP contribution in [0.5, 0.6) is 17.2 Å². The third-order valence-corrected chi connectivity index (χ3v) is 7.24. The highest BCUT2D eigenvalue weighted by Gasteiger charge is 2.46. The zero-order chi connectivity index (χ0) is 27.6. The summed E-state index contributed by atoms with van der Waals surface area (Å²) in [5.41, 5.74) is 2.18. The van der Waals surface area contributed by atoms with Gasteiger partial charge in [-0.1, -0.05) is 30.3 Å². The number of aromatic nitrogens is 2. The summed E-state index contributed by atoms with van der Waals surface area (Å²) in [6, 6.07) is 21.3. The van der Waals surface area contributed by atoms with Crippen molar-refractivity contribution in [2.75, 3.05) is 6.54 Å². The van der Waals surface area contributed by atoms with Gasteiger partial charge in [0.05, 0.1) is 17.9 Å². The van der Waals surface area contributed by atoms with Crippen molar-refractivity contribution < 1.29 is 24.2 Å². The van der Waals surface area contributed by atoms with Crippen molar-refractivity contribution in [2.24, 2.45) is 0 Å². The van der Waals surface area contributed by atoms with Crippen molar-refractivity contribution in [3.63, 3.8) is 0 Å². The maximum Gasteiger partial charge on any atom is 0.295 e. The number of amides is 1. The van der Waals surface area contributed by atoms with Crippen LogP contribution in [0.1, 0.15) is 36.1 Å². The fourth-order valence-electron chi connectivity index (χ4n) is 5.40. The van der Waals surface area contributed by atoms with Crippen LogP contribution in [0.4, 0.5) is 0 Å². The van der Waals surface area contributed by atoms with Crippen molar-refractivity contribution >= 4 is 17.4 Å². The lowest BCUT2D eigenvalue weighted by Gasteiger charge is -2.26. The first kappa shape index (κ1) is 25.4. The quantitative estimate of drug-likeness (QED) is 0.182. The van der Waals surface area contributed by atoms with E-state index in [0.717, 1.165) is 11.3 Å². The van der Waals surface area contributed by atoms with E-state index in [1.165, 1.54) is 0 Å². The Kier molecular flexibility index (Phi) is 6.82. The molecule has 4 aromatic rings. The number of aryl methyl sites for hydroxylation is 1. The van der Waals surface area contributed by atoms with Gasteiger partial charge < -0.3 is 24.0 Å². The molecule has 40 heavy (non-hydrogen) atoms. The molecule has 8 nitrogen and oxygen atoms in total. The maximum absolute atomic E-state index is 13.5. The molecule has 1 saturated heterocycles. The Labute approximate surface area is 232 Å². The van der Waals surface area contributed by atoms with Gasteiger partial charge in [0.25, 0.3) is 11.7 Å². The van der Waals surface area contributed by atoms with E-state index < -0.39 is 17.7 Å². The van der Waals surface area contributed by atoms with Gasteiger partial charge in [-0.3, -0.25) is 9.59 Å². The Morgan fingerprint density at radius 3 is 2.65 bits per heavy atom. The van der Waals surface area contributed by atoms with Gasteiger partial charge in [0, 0.05) is 37.5 Å². The topological polar surface area (TPSA) is 93.9 Å². The molecule has 2 aliphatic rings. The number of rotatable bonds is 8. The van der Waals surface area contributed by atoms with Crippen LogP contribution in [0, 0.1) is 0 Å². The van der Waals surface area contributed by atoms with E-state index in [0.29, 0.717) is 48.6 Å². The second-order valence-electron chi connectivity index (χ2n) is 10.1. The number of para-hydroxylation sites is 1. The Morgan fingerprint density at radius 1 is 1.02 bits per heavy atom. The van der Waals surface area contributed by atoms with Crippen LogP contribution in [0.3, 0.4) is 0 Å². The van der Waals surface area contributed by atoms with E-state index in [4.69, 9.17) is 9.47 Å². The van der Waals surface area contributed by atoms with Crippen LogP contribution in [0.2, 0.25) is 0 Å². The first-order chi connectivity index (χ1) is 19.5. The summed E-state index contributed by atoms with van der Waals surface area (Å²) < 4.78 is 13.8. The summed E-state index contributed by atoms with van der Waals surface area (Å²) in [6.45, 7) is 2.94. The minimum absolute atomic E-state index is 0.0424. The molecule has 0 aliphatic carbocycles. The number of nitrogens with zero attached hydrogens (tertiary/aromatic N) is 3. The summed E-state index contributed by atoms with van der Waals surface area (Å²) in [4.78, 5) is 32.5. The summed E-state index contributed by atoms with van der Waals surface area (Å²) >= 11 is 0. The number of hydrogen-bond donors (Lipinski definition) is 1. The van der Waals surface area contributed by atoms with E-state index in [-0.39, 0.29) is 17.4 Å². The fourth-order valence-corrected chi connectivity index (χ4v) is 5.40. The van der Waals surface area contributed by atoms with Crippen LogP contribution in [-0.4, -0.2) is 43.9 Å². The summed E-state index contributed by atoms with van der Waals surface area (Å²) in [5.74, 6) is 0.470. The molecule has 202 valence electrons. The van der Waals surface area contributed by atoms with E-state index in [1.807, 2.05) is 78.4 Å². The molecule has 0 radical (unpaired) electrons. The number of carbonyl (C=O) groups excluding carboxylic acids is 2. The minimum Gasteiger partial charge on any atom is -0.507 e. The lowest BCUT2D eigenvalue weighted by molar-refractivity contribution is -0.139. The second-order valence-corrected chi connectivity index (χ2v) is 10.1. The molecule has 6 rings (SSSR count). The summed E-state index contributed by atoms with van der Waals surface area (Å²) in [5, 5.41) is 11.5. The van der Waals surface area contributed by atoms with Gasteiger partial charge in [-0.2, -0.15) is 0 Å². The third kappa shape index (κ3) is 4.96. The zero-order valence-electron chi connectivity index (χ0n) is 22.1. The van der Waals surface area contributed by atoms with Crippen molar-refractivity contribution in [3.8, 4) is 17.2 Å². The molecule has 3 heterocycles. The number of likely N-dealkylation sites (tertiary alicyclic amines) is 1. The predicted molar refractivity (Wildman–Crippen MR) is 149 cm³/mol. The minimum atomic E-state index is -0.773. The van der Waals surface area contributed by atoms with Crippen molar-refractivity contribution in [1.29, 1.82) is 0 Å². The third-order valence-electron chi connectivity index (χ3n) is 7.24. The number of ketones is 1. The van der Waals surface area contributed by atoms with E-state index >= 15 is 0 Å². The molecule has 0 bridgehead atoms. The predicted octanol–water partition coefficient (Wildman–Crippen LogP) is 5.51. The number of aliphatic hydroxyl groups excluding tert-OH is 1. The lowest BCUT2D eigenvalue weighted by Crippen LogP contribution is -2.31. The molecular weight excluding hydrogens is 506 g/mol. The first-order valence-corrected chi connectivity index (χ1v) is 13.3. The van der Waals surface area contributed by atoms with Gasteiger partial charge >= 0.3 is 0 Å². The van der Waals surface area contributed by atoms with Crippen LogP contribution in [-0.2, 0) is 22.6 Å². The van der Waals surface area contributed by atoms with Gasteiger partial charge in [0.1, 0.15) is 29.1 Å². The van der Waals surface area contributed by atoms with Crippen molar-refractivity contribution in [2.45, 2.75) is 38.5 Å². The van der Waals surface area contributed by atoms with Gasteiger partial charge in [0.15, 0.2) is 0 Å². The van der Waals surface area contributed by atoms with E-state index in [2.05, 4.69) is 4.98 Å². The van der Waals surface area contributed by atoms with Crippen molar-refractivity contribution in [1.82, 2.24) is 14.5 Å². The number of ether oxygens (including phenoxy) is 2. The molecule has 1 N–H and O–H groups in total. The molecule has 1 fully saturated rings.